The molecule has 0 unspecified atom stereocenters. The van der Waals surface area contributed by atoms with Gasteiger partial charge in [0.15, 0.2) is 0 Å². The summed E-state index contributed by atoms with van der Waals surface area (Å²) in [7, 11) is -2.97. The Hall–Kier alpha value is -8.92. The number of nitrogens with zero attached hydrogens (tertiary/aromatic N) is 4. The summed E-state index contributed by atoms with van der Waals surface area (Å²) in [5, 5.41) is 12.3. The Bertz CT molecular complexity index is 4250. The third-order valence-corrected chi connectivity index (χ3v) is 31.9. The van der Waals surface area contributed by atoms with Crippen LogP contribution >= 0.6 is 11.3 Å². The summed E-state index contributed by atoms with van der Waals surface area (Å²) in [6.45, 7) is 0. The standard InChI is InChI=1S/C70H48GeN4SSi/c1-7-25-49(26-8-1)71(50-27-9-2-10-28-50,51-29-11-3-12-30-51)52-43-45-64-60(47-52)61-48-56(77(53-31-13-4-14-32-53,54-33-15-5-16-34-54)55-35-17-6-18-36-55)44-46-65(61)75(64)70-72-68(67-59-39-21-24-42-66(59)76-69(67)73-70)74-62-40-22-19-37-57(62)58-38-20-23-41-63(58)74/h1-48H. The molecule has 0 atom stereocenters. The molecule has 7 heteroatoms. The van der Waals surface area contributed by atoms with Crippen LogP contribution in [0.15, 0.2) is 291 Å². The number of benzene rings is 11. The van der Waals surface area contributed by atoms with Crippen LogP contribution in [0.3, 0.4) is 0 Å². The van der Waals surface area contributed by atoms with Gasteiger partial charge in [0.05, 0.1) is 0 Å². The third-order valence-electron chi connectivity index (χ3n) is 16.1. The Kier molecular flexibility index (Phi) is 10.9. The summed E-state index contributed by atoms with van der Waals surface area (Å²) in [5.74, 6) is 1.51. The predicted molar refractivity (Wildman–Crippen MR) is 331 cm³/mol. The maximum atomic E-state index is 5.88. The molecule has 0 fully saturated rings. The molecule has 0 aliphatic carbocycles. The summed E-state index contributed by atoms with van der Waals surface area (Å²) in [6.07, 6.45) is 0. The fourth-order valence-electron chi connectivity index (χ4n) is 12.8. The Labute approximate surface area is 453 Å². The van der Waals surface area contributed by atoms with Gasteiger partial charge in [-0.15, -0.1) is 0 Å². The normalized spacial score (nSPS) is 12.2. The second-order valence-electron chi connectivity index (χ2n) is 20.0. The molecule has 0 saturated carbocycles. The second kappa shape index (κ2) is 18.4. The van der Waals surface area contributed by atoms with Gasteiger partial charge in [0.2, 0.25) is 0 Å². The summed E-state index contributed by atoms with van der Waals surface area (Å²) >= 11 is -2.03. The zero-order valence-electron chi connectivity index (χ0n) is 41.9. The van der Waals surface area contributed by atoms with E-state index in [9.17, 15) is 0 Å². The van der Waals surface area contributed by atoms with Crippen LogP contribution in [0.25, 0.3) is 75.7 Å². The molecule has 0 aliphatic heterocycles. The molecule has 0 amide bonds. The molecule has 4 aromatic heterocycles. The number of rotatable bonds is 10. The molecule has 0 spiro atoms. The monoisotopic (exact) mass is 1080 g/mol. The number of thiophene rings is 1. The molecule has 15 rings (SSSR count). The van der Waals surface area contributed by atoms with Gasteiger partial charge in [0, 0.05) is 0 Å². The first kappa shape index (κ1) is 45.5. The Morgan fingerprint density at radius 3 is 1.25 bits per heavy atom. The van der Waals surface area contributed by atoms with Crippen molar-refractivity contribution in [1.29, 1.82) is 0 Å². The minimum absolute atomic E-state index is 0.640. The van der Waals surface area contributed by atoms with E-state index < -0.39 is 21.3 Å². The van der Waals surface area contributed by atoms with Crippen LogP contribution in [0.2, 0.25) is 0 Å². The van der Waals surface area contributed by atoms with Crippen molar-refractivity contribution in [3.63, 3.8) is 0 Å². The molecule has 11 aromatic carbocycles. The van der Waals surface area contributed by atoms with Crippen molar-refractivity contribution in [1.82, 2.24) is 19.1 Å². The maximum absolute atomic E-state index is 5.88. The molecule has 4 nitrogen and oxygen atoms in total. The van der Waals surface area contributed by atoms with E-state index in [1.807, 2.05) is 0 Å². The fraction of sp³-hybridized carbons (Fsp3) is 0. The van der Waals surface area contributed by atoms with E-state index in [-0.39, 0.29) is 0 Å². The number of fused-ring (bicyclic) bond motifs is 9. The average Bonchev–Trinajstić information content (AvgIpc) is 4.41. The van der Waals surface area contributed by atoms with Crippen LogP contribution in [0.1, 0.15) is 0 Å². The van der Waals surface area contributed by atoms with Gasteiger partial charge in [-0.05, 0) is 0 Å². The Morgan fingerprint density at radius 1 is 0.312 bits per heavy atom. The Balaban J connectivity index is 1.10. The topological polar surface area (TPSA) is 35.6 Å². The van der Waals surface area contributed by atoms with Gasteiger partial charge in [0.25, 0.3) is 0 Å². The molecule has 15 aromatic rings. The van der Waals surface area contributed by atoms with Crippen LogP contribution < -0.4 is 38.3 Å². The summed E-state index contributed by atoms with van der Waals surface area (Å²) in [4.78, 5) is 12.5. The number of hydrogen-bond acceptors (Lipinski definition) is 3. The SMILES string of the molecule is c1ccc([Si](c2ccccc2)(c2ccccc2)c2ccc3c(c2)c2c[c]([Ge]([c]4ccccc4)([c]4ccccc4)[c]4ccccc4)ccc2n3-c2nc(-n3c4ccccc4c4ccccc43)c3c(n2)sc2ccccc23)cc1. The van der Waals surface area contributed by atoms with Crippen LogP contribution in [0.4, 0.5) is 0 Å². The first-order chi connectivity index (χ1) is 38.2. The van der Waals surface area contributed by atoms with Crippen LogP contribution in [-0.2, 0) is 0 Å². The number of para-hydroxylation sites is 2. The van der Waals surface area contributed by atoms with Crippen molar-refractivity contribution in [3.8, 4) is 11.8 Å². The van der Waals surface area contributed by atoms with Gasteiger partial charge >= 0.3 is 445 Å². The first-order valence-corrected chi connectivity index (χ1v) is 33.3. The Morgan fingerprint density at radius 2 is 0.727 bits per heavy atom. The van der Waals surface area contributed by atoms with Crippen molar-refractivity contribution < 1.29 is 0 Å². The summed E-state index contributed by atoms with van der Waals surface area (Å²) in [5.41, 5.74) is 4.35. The minimum atomic E-state index is -3.77. The van der Waals surface area contributed by atoms with E-state index in [0.29, 0.717) is 5.95 Å². The molecule has 0 aliphatic rings. The van der Waals surface area contributed by atoms with E-state index in [1.165, 1.54) is 64.6 Å². The van der Waals surface area contributed by atoms with Crippen LogP contribution in [0.5, 0.6) is 0 Å². The van der Waals surface area contributed by atoms with E-state index >= 15 is 0 Å². The van der Waals surface area contributed by atoms with Crippen molar-refractivity contribution >= 4 is 135 Å². The van der Waals surface area contributed by atoms with E-state index in [0.717, 1.165) is 43.5 Å². The molecule has 362 valence electrons. The van der Waals surface area contributed by atoms with E-state index in [1.54, 1.807) is 11.3 Å². The molecule has 4 heterocycles. The second-order valence-corrected chi connectivity index (χ2v) is 32.8. The van der Waals surface area contributed by atoms with Gasteiger partial charge in [-0.3, -0.25) is 0 Å². The van der Waals surface area contributed by atoms with Gasteiger partial charge < -0.3 is 0 Å². The van der Waals surface area contributed by atoms with Crippen molar-refractivity contribution in [2.75, 3.05) is 0 Å². The quantitative estimate of drug-likeness (QED) is 0.101. The van der Waals surface area contributed by atoms with Gasteiger partial charge in [-0.2, -0.15) is 0 Å². The first-order valence-electron chi connectivity index (χ1n) is 26.3. The zero-order chi connectivity index (χ0) is 50.9. The third kappa shape index (κ3) is 6.96. The number of hydrogen-bond donors (Lipinski definition) is 0. The van der Waals surface area contributed by atoms with E-state index in [4.69, 9.17) is 9.97 Å². The van der Waals surface area contributed by atoms with Crippen LogP contribution in [0, 0.1) is 0 Å². The molecule has 0 bridgehead atoms. The van der Waals surface area contributed by atoms with Gasteiger partial charge in [-0.25, -0.2) is 0 Å². The molecule has 77 heavy (non-hydrogen) atoms. The van der Waals surface area contributed by atoms with Crippen molar-refractivity contribution in [3.05, 3.63) is 291 Å². The van der Waals surface area contributed by atoms with Gasteiger partial charge in [-0.1, -0.05) is 12.1 Å². The van der Waals surface area contributed by atoms with Gasteiger partial charge in [0.1, 0.15) is 0 Å². The molecular weight excluding hydrogens is 1030 g/mol. The van der Waals surface area contributed by atoms with Crippen LogP contribution in [-0.4, -0.2) is 40.4 Å². The van der Waals surface area contributed by atoms with E-state index in [2.05, 4.69) is 300 Å². The predicted octanol–water partition coefficient (Wildman–Crippen LogP) is 11.8. The molecule has 0 N–H and O–H groups in total. The average molecular weight is 1080 g/mol. The van der Waals surface area contributed by atoms with Crippen molar-refractivity contribution in [2.24, 2.45) is 0 Å². The number of aromatic nitrogens is 4. The summed E-state index contributed by atoms with van der Waals surface area (Å²) in [6, 6.07) is 109. The fourth-order valence-corrected chi connectivity index (χ4v) is 28.7. The molecule has 0 radical (unpaired) electrons. The summed E-state index contributed by atoms with van der Waals surface area (Å²) < 4.78 is 11.4. The molecule has 0 saturated heterocycles. The zero-order valence-corrected chi connectivity index (χ0v) is 45.8. The molecular formula is C70H48GeN4SSi. The van der Waals surface area contributed by atoms with Crippen molar-refractivity contribution in [2.45, 2.75) is 0 Å².